The number of hydrogen-bond acceptors (Lipinski definition) is 4. The zero-order chi connectivity index (χ0) is 15.5. The Morgan fingerprint density at radius 1 is 1.10 bits per heavy atom. The molecule has 1 rings (SSSR count). The maximum atomic E-state index is 5.71. The number of ether oxygens (including phenoxy) is 3. The Hall–Kier alpha value is -1.10. The van der Waals surface area contributed by atoms with Gasteiger partial charge in [-0.05, 0) is 30.0 Å². The summed E-state index contributed by atoms with van der Waals surface area (Å²) in [6, 6.07) is 8.24. The van der Waals surface area contributed by atoms with Crippen LogP contribution in [-0.4, -0.2) is 40.1 Å². The first-order chi connectivity index (χ1) is 10.2. The molecule has 0 bridgehead atoms. The summed E-state index contributed by atoms with van der Waals surface area (Å²) >= 11 is 0. The lowest BCUT2D eigenvalue weighted by Crippen LogP contribution is -2.31. The van der Waals surface area contributed by atoms with E-state index in [9.17, 15) is 0 Å². The van der Waals surface area contributed by atoms with Crippen LogP contribution in [-0.2, 0) is 16.0 Å². The molecule has 0 radical (unpaired) electrons. The van der Waals surface area contributed by atoms with E-state index in [0.29, 0.717) is 12.5 Å². The molecule has 0 fully saturated rings. The van der Waals surface area contributed by atoms with E-state index in [2.05, 4.69) is 31.3 Å². The van der Waals surface area contributed by atoms with Gasteiger partial charge in [0.05, 0.1) is 19.3 Å². The summed E-state index contributed by atoms with van der Waals surface area (Å²) in [5, 5.41) is 3.37. The highest BCUT2D eigenvalue weighted by atomic mass is 16.5. The predicted molar refractivity (Wildman–Crippen MR) is 85.8 cm³/mol. The molecule has 1 N–H and O–H groups in total. The van der Waals surface area contributed by atoms with Crippen LogP contribution in [0.15, 0.2) is 24.3 Å². The van der Waals surface area contributed by atoms with Crippen molar-refractivity contribution in [3.05, 3.63) is 29.8 Å². The molecule has 0 aliphatic heterocycles. The van der Waals surface area contributed by atoms with Gasteiger partial charge in [0.25, 0.3) is 0 Å². The van der Waals surface area contributed by atoms with Gasteiger partial charge in [-0.3, -0.25) is 0 Å². The van der Waals surface area contributed by atoms with Gasteiger partial charge in [0, 0.05) is 27.3 Å². The van der Waals surface area contributed by atoms with Gasteiger partial charge in [0.15, 0.2) is 0 Å². The Kier molecular flexibility index (Phi) is 9.06. The lowest BCUT2D eigenvalue weighted by Gasteiger charge is -2.15. The van der Waals surface area contributed by atoms with Crippen molar-refractivity contribution in [1.29, 1.82) is 0 Å². The van der Waals surface area contributed by atoms with E-state index in [1.165, 1.54) is 5.56 Å². The van der Waals surface area contributed by atoms with Gasteiger partial charge in [-0.15, -0.1) is 0 Å². The quantitative estimate of drug-likeness (QED) is 0.681. The molecule has 1 aromatic rings. The summed E-state index contributed by atoms with van der Waals surface area (Å²) in [6.45, 7) is 7.38. The molecule has 4 nitrogen and oxygen atoms in total. The SMILES string of the molecule is COCC(CNCc1ccc(OCCC(C)C)cc1)OC. The predicted octanol–water partition coefficient (Wildman–Crippen LogP) is 2.86. The molecule has 0 aliphatic rings. The first-order valence-corrected chi connectivity index (χ1v) is 7.60. The van der Waals surface area contributed by atoms with Crippen LogP contribution < -0.4 is 10.1 Å². The van der Waals surface area contributed by atoms with Crippen molar-refractivity contribution in [2.24, 2.45) is 5.92 Å². The maximum absolute atomic E-state index is 5.71. The van der Waals surface area contributed by atoms with Crippen LogP contribution >= 0.6 is 0 Å². The third-order valence-electron chi connectivity index (χ3n) is 3.27. The summed E-state index contributed by atoms with van der Waals surface area (Å²) in [5.41, 5.74) is 1.23. The molecule has 21 heavy (non-hydrogen) atoms. The monoisotopic (exact) mass is 295 g/mol. The van der Waals surface area contributed by atoms with Gasteiger partial charge in [-0.25, -0.2) is 0 Å². The standard InChI is InChI=1S/C17H29NO3/c1-14(2)9-10-21-16-7-5-15(6-8-16)11-18-12-17(20-4)13-19-3/h5-8,14,17-18H,9-13H2,1-4H3. The van der Waals surface area contributed by atoms with Crippen molar-refractivity contribution in [3.8, 4) is 5.75 Å². The smallest absolute Gasteiger partial charge is 0.119 e. The molecule has 0 aromatic heterocycles. The molecule has 1 atom stereocenters. The molecular formula is C17H29NO3. The van der Waals surface area contributed by atoms with E-state index >= 15 is 0 Å². The lowest BCUT2D eigenvalue weighted by atomic mass is 10.1. The maximum Gasteiger partial charge on any atom is 0.119 e. The molecule has 4 heteroatoms. The molecule has 0 saturated carbocycles. The van der Waals surface area contributed by atoms with Crippen LogP contribution in [0.25, 0.3) is 0 Å². The molecule has 1 aromatic carbocycles. The van der Waals surface area contributed by atoms with Crippen LogP contribution in [0.1, 0.15) is 25.8 Å². The number of methoxy groups -OCH3 is 2. The average molecular weight is 295 g/mol. The number of hydrogen-bond donors (Lipinski definition) is 1. The number of rotatable bonds is 11. The lowest BCUT2D eigenvalue weighted by molar-refractivity contribution is 0.0288. The summed E-state index contributed by atoms with van der Waals surface area (Å²) in [4.78, 5) is 0. The topological polar surface area (TPSA) is 39.7 Å². The van der Waals surface area contributed by atoms with Gasteiger partial charge in [0.1, 0.15) is 5.75 Å². The second kappa shape index (κ2) is 10.6. The van der Waals surface area contributed by atoms with E-state index in [1.54, 1.807) is 14.2 Å². The van der Waals surface area contributed by atoms with Crippen molar-refractivity contribution < 1.29 is 14.2 Å². The molecule has 1 unspecified atom stereocenters. The zero-order valence-corrected chi connectivity index (χ0v) is 13.7. The fourth-order valence-corrected chi connectivity index (χ4v) is 1.89. The summed E-state index contributed by atoms with van der Waals surface area (Å²) < 4.78 is 16.1. The van der Waals surface area contributed by atoms with Crippen LogP contribution in [0.5, 0.6) is 5.75 Å². The fraction of sp³-hybridized carbons (Fsp3) is 0.647. The van der Waals surface area contributed by atoms with Gasteiger partial charge >= 0.3 is 0 Å². The van der Waals surface area contributed by atoms with Crippen LogP contribution in [0, 0.1) is 5.92 Å². The average Bonchev–Trinajstić information content (AvgIpc) is 2.47. The number of nitrogens with one attached hydrogen (secondary N) is 1. The molecule has 0 heterocycles. The van der Waals surface area contributed by atoms with E-state index < -0.39 is 0 Å². The first kappa shape index (κ1) is 18.0. The van der Waals surface area contributed by atoms with Crippen LogP contribution in [0.4, 0.5) is 0 Å². The van der Waals surface area contributed by atoms with E-state index in [0.717, 1.165) is 31.9 Å². The second-order valence-electron chi connectivity index (χ2n) is 5.62. The molecule has 0 saturated heterocycles. The van der Waals surface area contributed by atoms with Crippen molar-refractivity contribution in [1.82, 2.24) is 5.32 Å². The Bertz CT molecular complexity index is 365. The van der Waals surface area contributed by atoms with Gasteiger partial charge in [-0.2, -0.15) is 0 Å². The highest BCUT2D eigenvalue weighted by Crippen LogP contribution is 2.13. The second-order valence-corrected chi connectivity index (χ2v) is 5.62. The summed E-state index contributed by atoms with van der Waals surface area (Å²) in [5.74, 6) is 1.61. The van der Waals surface area contributed by atoms with Gasteiger partial charge < -0.3 is 19.5 Å². The van der Waals surface area contributed by atoms with Crippen molar-refractivity contribution in [3.63, 3.8) is 0 Å². The largest absolute Gasteiger partial charge is 0.494 e. The molecule has 0 amide bonds. The van der Waals surface area contributed by atoms with Crippen LogP contribution in [0.2, 0.25) is 0 Å². The number of benzene rings is 1. The van der Waals surface area contributed by atoms with Gasteiger partial charge in [-0.1, -0.05) is 26.0 Å². The van der Waals surface area contributed by atoms with E-state index in [4.69, 9.17) is 14.2 Å². The fourth-order valence-electron chi connectivity index (χ4n) is 1.89. The molecule has 120 valence electrons. The highest BCUT2D eigenvalue weighted by molar-refractivity contribution is 5.27. The third-order valence-corrected chi connectivity index (χ3v) is 3.27. The van der Waals surface area contributed by atoms with E-state index in [-0.39, 0.29) is 6.10 Å². The van der Waals surface area contributed by atoms with Crippen LogP contribution in [0.3, 0.4) is 0 Å². The highest BCUT2D eigenvalue weighted by Gasteiger charge is 2.05. The third kappa shape index (κ3) is 8.05. The molecule has 0 spiro atoms. The Morgan fingerprint density at radius 3 is 2.38 bits per heavy atom. The Labute approximate surface area is 128 Å². The van der Waals surface area contributed by atoms with Gasteiger partial charge in [0.2, 0.25) is 0 Å². The summed E-state index contributed by atoms with van der Waals surface area (Å²) in [6.07, 6.45) is 1.18. The molecule has 0 aliphatic carbocycles. The summed E-state index contributed by atoms with van der Waals surface area (Å²) in [7, 11) is 3.39. The zero-order valence-electron chi connectivity index (χ0n) is 13.7. The minimum absolute atomic E-state index is 0.0913. The Morgan fingerprint density at radius 2 is 1.81 bits per heavy atom. The normalized spacial score (nSPS) is 12.6. The Balaban J connectivity index is 2.27. The van der Waals surface area contributed by atoms with Crippen molar-refractivity contribution in [2.45, 2.75) is 32.9 Å². The van der Waals surface area contributed by atoms with Crippen molar-refractivity contribution in [2.75, 3.05) is 34.0 Å². The van der Waals surface area contributed by atoms with Crippen molar-refractivity contribution >= 4 is 0 Å². The first-order valence-electron chi connectivity index (χ1n) is 7.60. The van der Waals surface area contributed by atoms with E-state index in [1.807, 2.05) is 12.1 Å². The minimum atomic E-state index is 0.0913. The molecular weight excluding hydrogens is 266 g/mol. The minimum Gasteiger partial charge on any atom is -0.494 e.